The third-order valence-corrected chi connectivity index (χ3v) is 16.7. The quantitative estimate of drug-likeness (QED) is 0.0184. The Hall–Kier alpha value is -4.99. The second-order valence-corrected chi connectivity index (χ2v) is 29.4. The van der Waals surface area contributed by atoms with Gasteiger partial charge in [-0.15, -0.1) is 0 Å². The first-order valence-corrected chi connectivity index (χ1v) is 34.8. The Labute approximate surface area is 521 Å². The van der Waals surface area contributed by atoms with Crippen LogP contribution >= 0.6 is 7.26 Å². The predicted octanol–water partition coefficient (Wildman–Crippen LogP) is 7.96. The summed E-state index contributed by atoms with van der Waals surface area (Å²) in [4.78, 5) is 122. The van der Waals surface area contributed by atoms with Crippen molar-refractivity contribution >= 4 is 67.0 Å². The number of carbonyl (C=O) groups excluding carboxylic acids is 10. The third-order valence-electron chi connectivity index (χ3n) is 14.2. The topological polar surface area (TPSA) is 266 Å². The van der Waals surface area contributed by atoms with E-state index in [4.69, 9.17) is 47.4 Å². The molecular weight excluding hydrogens is 1150 g/mol. The van der Waals surface area contributed by atoms with Gasteiger partial charge in [-0.05, 0) is 58.4 Å². The third kappa shape index (κ3) is 54.9. The number of esters is 10. The Bertz CT molecular complexity index is 1990. The molecule has 0 amide bonds. The van der Waals surface area contributed by atoms with Gasteiger partial charge in [-0.1, -0.05) is 89.9 Å². The molecule has 0 heterocycles. The molecule has 87 heavy (non-hydrogen) atoms. The van der Waals surface area contributed by atoms with Gasteiger partial charge in [0.2, 0.25) is 0 Å². The van der Waals surface area contributed by atoms with E-state index in [0.717, 1.165) is 128 Å². The van der Waals surface area contributed by atoms with Gasteiger partial charge in [-0.2, -0.15) is 0 Å². The van der Waals surface area contributed by atoms with Crippen LogP contribution in [0.2, 0.25) is 0 Å². The van der Waals surface area contributed by atoms with Crippen molar-refractivity contribution in [2.24, 2.45) is 0 Å². The molecule has 0 fully saturated rings. The highest BCUT2D eigenvalue weighted by atomic mass is 31.2. The van der Waals surface area contributed by atoms with Gasteiger partial charge in [-0.25, -0.2) is 14.4 Å². The van der Waals surface area contributed by atoms with Crippen LogP contribution in [-0.2, 0) is 95.3 Å². The zero-order valence-electron chi connectivity index (χ0n) is 55.4. The van der Waals surface area contributed by atoms with E-state index in [1.807, 2.05) is 41.5 Å². The van der Waals surface area contributed by atoms with Crippen LogP contribution in [0.1, 0.15) is 182 Å². The van der Waals surface area contributed by atoms with Crippen molar-refractivity contribution in [2.75, 3.05) is 153 Å². The van der Waals surface area contributed by atoms with Crippen LogP contribution in [0.15, 0.2) is 0 Å². The molecule has 504 valence electrons. The summed E-state index contributed by atoms with van der Waals surface area (Å²) in [5.41, 5.74) is 0. The zero-order chi connectivity index (χ0) is 65.4. The Balaban J connectivity index is 4.28. The number of carbonyl (C=O) groups is 10. The van der Waals surface area contributed by atoms with Crippen LogP contribution in [0.3, 0.4) is 0 Å². The van der Waals surface area contributed by atoms with Gasteiger partial charge in [0.05, 0.1) is 54.1 Å². The van der Waals surface area contributed by atoms with E-state index < -0.39 is 43.3 Å². The first-order chi connectivity index (χ1) is 41.1. The second kappa shape index (κ2) is 49.8. The molecule has 0 rings (SSSR count). The fourth-order valence-corrected chi connectivity index (χ4v) is 10.5. The number of quaternary nitrogens is 2. The molecule has 23 nitrogen and oxygen atoms in total. The predicted molar refractivity (Wildman–Crippen MR) is 331 cm³/mol. The van der Waals surface area contributed by atoms with E-state index in [9.17, 15) is 47.9 Å². The van der Waals surface area contributed by atoms with E-state index in [2.05, 4.69) is 0 Å². The SMILES string of the molecule is CC(=O)OCCN(C)CC(=O)OC(CCCCCCCCC(=O)OCCCCCCCCCCOC(=O)CCCCCCCCC(COC(=O)C[P+](C)(C)CCOC(C)=O)OC(=O)C[N+](C)(C)CCOC(C)=O)COC(=O)C[N+](C)(C)CCOC(C)=O. The summed E-state index contributed by atoms with van der Waals surface area (Å²) < 4.78 is 54.2. The van der Waals surface area contributed by atoms with Crippen LogP contribution in [0.4, 0.5) is 0 Å². The summed E-state index contributed by atoms with van der Waals surface area (Å²) in [6.45, 7) is 12.1. The second-order valence-electron chi connectivity index (χ2n) is 24.7. The summed E-state index contributed by atoms with van der Waals surface area (Å²) in [6, 6.07) is 0. The molecule has 0 saturated heterocycles. The molecular formula is C63H115N3O20P+3. The summed E-state index contributed by atoms with van der Waals surface area (Å²) in [5.74, 6) is -3.62. The summed E-state index contributed by atoms with van der Waals surface area (Å²) in [7, 11) is 7.35. The highest BCUT2D eigenvalue weighted by Gasteiger charge is 2.32. The summed E-state index contributed by atoms with van der Waals surface area (Å²) >= 11 is 0. The van der Waals surface area contributed by atoms with Gasteiger partial charge in [-0.3, -0.25) is 38.5 Å². The van der Waals surface area contributed by atoms with Gasteiger partial charge in [0.25, 0.3) is 0 Å². The average Bonchev–Trinajstić information content (AvgIpc) is 3.44. The van der Waals surface area contributed by atoms with E-state index >= 15 is 0 Å². The van der Waals surface area contributed by atoms with Gasteiger partial charge in [0.1, 0.15) is 64.9 Å². The minimum atomic E-state index is -1.72. The lowest BCUT2D eigenvalue weighted by Crippen LogP contribution is -2.47. The number of likely N-dealkylation sites (N-methyl/N-ethyl adjacent to an activating group) is 3. The maximum Gasteiger partial charge on any atom is 0.362 e. The van der Waals surface area contributed by atoms with E-state index in [-0.39, 0.29) is 110 Å². The van der Waals surface area contributed by atoms with Gasteiger partial charge < -0.3 is 56.3 Å². The molecule has 0 aromatic heterocycles. The smallest absolute Gasteiger partial charge is 0.362 e. The Morgan fingerprint density at radius 3 is 1.17 bits per heavy atom. The van der Waals surface area contributed by atoms with Crippen molar-refractivity contribution in [1.82, 2.24) is 4.90 Å². The lowest BCUT2D eigenvalue weighted by atomic mass is 10.1. The molecule has 0 aromatic carbocycles. The fraction of sp³-hybridized carbons (Fsp3) is 0.841. The maximum absolute atomic E-state index is 13.0. The van der Waals surface area contributed by atoms with Crippen LogP contribution in [0.25, 0.3) is 0 Å². The van der Waals surface area contributed by atoms with Crippen molar-refractivity contribution in [1.29, 1.82) is 0 Å². The Morgan fingerprint density at radius 2 is 0.736 bits per heavy atom. The van der Waals surface area contributed by atoms with Crippen molar-refractivity contribution in [3.63, 3.8) is 0 Å². The highest BCUT2D eigenvalue weighted by Crippen LogP contribution is 2.50. The molecule has 2 atom stereocenters. The first-order valence-electron chi connectivity index (χ1n) is 31.8. The van der Waals surface area contributed by atoms with Crippen LogP contribution in [0.5, 0.6) is 0 Å². The molecule has 0 spiro atoms. The molecule has 0 bridgehead atoms. The number of hydrogen-bond acceptors (Lipinski definition) is 21. The normalized spacial score (nSPS) is 12.3. The lowest BCUT2D eigenvalue weighted by molar-refractivity contribution is -0.883. The van der Waals surface area contributed by atoms with Crippen molar-refractivity contribution < 1.29 is 104 Å². The molecule has 0 saturated carbocycles. The molecule has 24 heteroatoms. The van der Waals surface area contributed by atoms with E-state index in [0.29, 0.717) is 64.7 Å². The Morgan fingerprint density at radius 1 is 0.379 bits per heavy atom. The minimum absolute atomic E-state index is 0.0226. The number of ether oxygens (including phenoxy) is 10. The van der Waals surface area contributed by atoms with Gasteiger partial charge in [0.15, 0.2) is 19.3 Å². The first kappa shape index (κ1) is 82.0. The van der Waals surface area contributed by atoms with Crippen LogP contribution < -0.4 is 0 Å². The minimum Gasteiger partial charge on any atom is -0.466 e. The van der Waals surface area contributed by atoms with E-state index in [1.165, 1.54) is 27.7 Å². The molecule has 2 unspecified atom stereocenters. The van der Waals surface area contributed by atoms with Crippen molar-refractivity contribution in [3.8, 4) is 0 Å². The maximum atomic E-state index is 13.0. The van der Waals surface area contributed by atoms with E-state index in [1.54, 1.807) is 11.9 Å². The summed E-state index contributed by atoms with van der Waals surface area (Å²) in [6.07, 6.45) is 19.8. The van der Waals surface area contributed by atoms with Crippen LogP contribution in [-0.4, -0.2) is 239 Å². The van der Waals surface area contributed by atoms with Crippen LogP contribution in [0, 0.1) is 0 Å². The standard InChI is InChI=1S/C63H115N3O20P/c1-52(67)77-41-36-64(5)46-60(73)85-56(49-83-61(74)47-65(6,7)37-42-78-53(2)68)32-26-20-14-16-22-28-34-58(71)81-39-30-24-18-12-13-19-25-31-40-82-59(72)35-29-23-17-15-21-27-33-57(86-62(75)48-66(8,9)38-43-79-54(3)69)50-84-63(76)51-87(10,11)45-44-80-55(4)70/h56-57H,12-51H2,1-11H3/q+3. The Kier molecular flexibility index (Phi) is 47.0. The molecule has 0 aromatic rings. The van der Waals surface area contributed by atoms with Gasteiger partial charge >= 0.3 is 59.7 Å². The average molecular weight is 1270 g/mol. The molecule has 0 N–H and O–H groups in total. The largest absolute Gasteiger partial charge is 0.466 e. The molecule has 0 radical (unpaired) electrons. The molecule has 0 aliphatic carbocycles. The number of hydrogen-bond donors (Lipinski definition) is 0. The fourth-order valence-electron chi connectivity index (χ4n) is 8.98. The highest BCUT2D eigenvalue weighted by molar-refractivity contribution is 7.75. The van der Waals surface area contributed by atoms with Crippen molar-refractivity contribution in [2.45, 2.75) is 194 Å². The van der Waals surface area contributed by atoms with Gasteiger partial charge in [0, 0.05) is 67.7 Å². The number of rotatable bonds is 55. The summed E-state index contributed by atoms with van der Waals surface area (Å²) in [5, 5.41) is 0. The zero-order valence-corrected chi connectivity index (χ0v) is 56.3. The number of unbranched alkanes of at least 4 members (excludes halogenated alkanes) is 17. The van der Waals surface area contributed by atoms with Crippen molar-refractivity contribution in [3.05, 3.63) is 0 Å². The molecule has 0 aliphatic heterocycles. The lowest BCUT2D eigenvalue weighted by Gasteiger charge is -2.29. The number of nitrogens with zero attached hydrogens (tertiary/aromatic N) is 3. The molecule has 0 aliphatic rings. The monoisotopic (exact) mass is 1260 g/mol.